The Morgan fingerprint density at radius 2 is 1.91 bits per heavy atom. The number of nitrogens with one attached hydrogen (secondary N) is 1. The fourth-order valence-electron chi connectivity index (χ4n) is 4.88. The Hall–Kier alpha value is -3.13. The molecule has 2 heterocycles. The topological polar surface area (TPSA) is 56.3 Å². The van der Waals surface area contributed by atoms with Crippen LogP contribution in [-0.4, -0.2) is 39.2 Å². The number of carbonyl (C=O) groups is 1. The minimum Gasteiger partial charge on any atom is -0.478 e. The highest BCUT2D eigenvalue weighted by Crippen LogP contribution is 2.47. The fourth-order valence-corrected chi connectivity index (χ4v) is 4.88. The number of carboxylic acids is 1. The molecule has 0 bridgehead atoms. The lowest BCUT2D eigenvalue weighted by Gasteiger charge is -2.41. The number of benzene rings is 2. The van der Waals surface area contributed by atoms with Gasteiger partial charge in [-0.15, -0.1) is 0 Å². The molecule has 1 fully saturated rings. The van der Waals surface area contributed by atoms with Gasteiger partial charge in [0.25, 0.3) is 0 Å². The Kier molecular flexibility index (Phi) is 5.08. The number of aromatic nitrogens is 1. The lowest BCUT2D eigenvalue weighted by Crippen LogP contribution is -2.46. The molecule has 3 aromatic rings. The molecule has 8 heteroatoms. The van der Waals surface area contributed by atoms with E-state index in [1.54, 1.807) is 17.0 Å². The SMILES string of the molecule is C[C@H]1Cc2c([nH]c3cccc(F)c23)[C@H](c2c(F)cc(C=CC(=O)O)cc2F)N1CC1(F)CC1. The van der Waals surface area contributed by atoms with Gasteiger partial charge in [-0.3, -0.25) is 4.90 Å². The number of hydrogen-bond donors (Lipinski definition) is 2. The molecule has 1 aliphatic carbocycles. The van der Waals surface area contributed by atoms with E-state index in [0.29, 0.717) is 41.4 Å². The highest BCUT2D eigenvalue weighted by Gasteiger charge is 2.49. The lowest BCUT2D eigenvalue weighted by molar-refractivity contribution is -0.131. The maximum absolute atomic E-state index is 15.4. The maximum atomic E-state index is 15.4. The number of hydrogen-bond acceptors (Lipinski definition) is 2. The number of halogens is 4. The first-order chi connectivity index (χ1) is 15.7. The summed E-state index contributed by atoms with van der Waals surface area (Å²) in [5.74, 6) is -3.42. The summed E-state index contributed by atoms with van der Waals surface area (Å²) in [4.78, 5) is 15.7. The van der Waals surface area contributed by atoms with E-state index in [1.807, 2.05) is 6.92 Å². The number of rotatable bonds is 5. The van der Waals surface area contributed by atoms with Gasteiger partial charge in [-0.1, -0.05) is 6.07 Å². The van der Waals surface area contributed by atoms with Crippen LogP contribution in [0.4, 0.5) is 17.6 Å². The first-order valence-corrected chi connectivity index (χ1v) is 10.8. The van der Waals surface area contributed by atoms with Gasteiger partial charge in [0.15, 0.2) is 0 Å². The molecule has 2 atom stereocenters. The van der Waals surface area contributed by atoms with Crippen LogP contribution < -0.4 is 0 Å². The molecule has 0 unspecified atom stereocenters. The van der Waals surface area contributed by atoms with Crippen molar-refractivity contribution in [2.75, 3.05) is 6.54 Å². The van der Waals surface area contributed by atoms with Crippen LogP contribution in [-0.2, 0) is 11.2 Å². The van der Waals surface area contributed by atoms with E-state index in [0.717, 1.165) is 24.3 Å². The van der Waals surface area contributed by atoms with Gasteiger partial charge in [0.2, 0.25) is 0 Å². The van der Waals surface area contributed by atoms with Gasteiger partial charge in [-0.05, 0) is 67.7 Å². The van der Waals surface area contributed by atoms with E-state index in [2.05, 4.69) is 4.98 Å². The average Bonchev–Trinajstić information content (AvgIpc) is 3.35. The smallest absolute Gasteiger partial charge is 0.328 e. The molecule has 0 spiro atoms. The van der Waals surface area contributed by atoms with E-state index in [9.17, 15) is 13.6 Å². The predicted octanol–water partition coefficient (Wildman–Crippen LogP) is 5.52. The molecular weight excluding hydrogens is 436 g/mol. The molecule has 33 heavy (non-hydrogen) atoms. The molecule has 1 aromatic heterocycles. The average molecular weight is 458 g/mol. The molecule has 172 valence electrons. The van der Waals surface area contributed by atoms with Gasteiger partial charge in [-0.25, -0.2) is 22.4 Å². The number of alkyl halides is 1. The van der Waals surface area contributed by atoms with E-state index < -0.39 is 35.1 Å². The summed E-state index contributed by atoms with van der Waals surface area (Å²) < 4.78 is 60.3. The summed E-state index contributed by atoms with van der Waals surface area (Å²) in [6.45, 7) is 1.86. The van der Waals surface area contributed by atoms with Crippen LogP contribution in [0.15, 0.2) is 36.4 Å². The van der Waals surface area contributed by atoms with Crippen molar-refractivity contribution in [2.24, 2.45) is 0 Å². The normalized spacial score (nSPS) is 22.1. The molecule has 2 aliphatic rings. The quantitative estimate of drug-likeness (QED) is 0.391. The zero-order valence-electron chi connectivity index (χ0n) is 17.8. The molecule has 1 saturated carbocycles. The second-order valence-corrected chi connectivity index (χ2v) is 9.03. The number of carboxylic acid groups (broad SMARTS) is 1. The van der Waals surface area contributed by atoms with Gasteiger partial charge in [-0.2, -0.15) is 0 Å². The molecule has 0 amide bonds. The lowest BCUT2D eigenvalue weighted by atomic mass is 9.87. The predicted molar refractivity (Wildman–Crippen MR) is 116 cm³/mol. The molecular formula is C25H22F4N2O2. The van der Waals surface area contributed by atoms with Gasteiger partial charge < -0.3 is 10.1 Å². The minimum absolute atomic E-state index is 0.00959. The summed E-state index contributed by atoms with van der Waals surface area (Å²) in [6, 6.07) is 5.43. The van der Waals surface area contributed by atoms with E-state index in [4.69, 9.17) is 5.11 Å². The summed E-state index contributed by atoms with van der Waals surface area (Å²) in [5, 5.41) is 9.18. The second-order valence-electron chi connectivity index (χ2n) is 9.03. The van der Waals surface area contributed by atoms with Crippen LogP contribution in [0.25, 0.3) is 17.0 Å². The zero-order valence-corrected chi connectivity index (χ0v) is 17.8. The number of nitrogens with zero attached hydrogens (tertiary/aromatic N) is 1. The van der Waals surface area contributed by atoms with Crippen molar-refractivity contribution in [2.45, 2.75) is 43.9 Å². The summed E-state index contributed by atoms with van der Waals surface area (Å²) in [5.41, 5.74) is -0.0241. The van der Waals surface area contributed by atoms with E-state index in [1.165, 1.54) is 6.07 Å². The monoisotopic (exact) mass is 458 g/mol. The third kappa shape index (κ3) is 3.82. The molecule has 1 aliphatic heterocycles. The molecule has 0 radical (unpaired) electrons. The van der Waals surface area contributed by atoms with Crippen molar-refractivity contribution in [1.82, 2.24) is 9.88 Å². The van der Waals surface area contributed by atoms with Crippen molar-refractivity contribution in [3.63, 3.8) is 0 Å². The van der Waals surface area contributed by atoms with Crippen molar-refractivity contribution in [1.29, 1.82) is 0 Å². The Balaban J connectivity index is 1.70. The Labute approximate surface area is 187 Å². The van der Waals surface area contributed by atoms with Crippen LogP contribution in [0.1, 0.15) is 48.2 Å². The van der Waals surface area contributed by atoms with Gasteiger partial charge in [0.1, 0.15) is 23.1 Å². The number of fused-ring (bicyclic) bond motifs is 3. The summed E-state index contributed by atoms with van der Waals surface area (Å²) in [6.07, 6.45) is 3.08. The number of aliphatic carboxylic acids is 1. The number of H-pyrrole nitrogens is 1. The third-order valence-electron chi connectivity index (χ3n) is 6.63. The fraction of sp³-hybridized carbons (Fsp3) is 0.320. The minimum atomic E-state index is -1.40. The van der Waals surface area contributed by atoms with Crippen molar-refractivity contribution in [3.8, 4) is 0 Å². The standard InChI is InChI=1S/C25H22F4N2O2/c1-13-9-15-21-16(26)3-2-4-19(21)30-23(15)24(31(13)12-25(29)7-8-25)22-17(27)10-14(11-18(22)28)5-6-20(32)33/h2-6,10-11,13,24,30H,7-9,12H2,1H3,(H,32,33)/t13-,24-/m0/s1. The third-order valence-corrected chi connectivity index (χ3v) is 6.63. The number of aromatic amines is 1. The Bertz CT molecular complexity index is 1270. The highest BCUT2D eigenvalue weighted by atomic mass is 19.1. The van der Waals surface area contributed by atoms with Crippen LogP contribution in [0, 0.1) is 17.5 Å². The van der Waals surface area contributed by atoms with Gasteiger partial charge in [0, 0.05) is 40.8 Å². The molecule has 0 saturated heterocycles. The van der Waals surface area contributed by atoms with Crippen LogP contribution in [0.5, 0.6) is 0 Å². The first-order valence-electron chi connectivity index (χ1n) is 10.8. The molecule has 2 aromatic carbocycles. The van der Waals surface area contributed by atoms with Gasteiger partial charge >= 0.3 is 5.97 Å². The van der Waals surface area contributed by atoms with Crippen LogP contribution >= 0.6 is 0 Å². The summed E-state index contributed by atoms with van der Waals surface area (Å²) >= 11 is 0. The van der Waals surface area contributed by atoms with E-state index >= 15 is 8.78 Å². The van der Waals surface area contributed by atoms with Crippen molar-refractivity contribution < 1.29 is 27.5 Å². The van der Waals surface area contributed by atoms with E-state index in [-0.39, 0.29) is 23.7 Å². The molecule has 2 N–H and O–H groups in total. The first kappa shape index (κ1) is 21.7. The highest BCUT2D eigenvalue weighted by molar-refractivity contribution is 5.86. The summed E-state index contributed by atoms with van der Waals surface area (Å²) in [7, 11) is 0. The van der Waals surface area contributed by atoms with Crippen molar-refractivity contribution in [3.05, 3.63) is 76.2 Å². The molecule has 5 rings (SSSR count). The van der Waals surface area contributed by atoms with Crippen molar-refractivity contribution >= 4 is 22.9 Å². The Morgan fingerprint density at radius 1 is 1.21 bits per heavy atom. The van der Waals surface area contributed by atoms with Crippen LogP contribution in [0.3, 0.4) is 0 Å². The molecule has 4 nitrogen and oxygen atoms in total. The van der Waals surface area contributed by atoms with Gasteiger partial charge in [0.05, 0.1) is 6.04 Å². The maximum Gasteiger partial charge on any atom is 0.328 e. The second kappa shape index (κ2) is 7.73. The zero-order chi connectivity index (χ0) is 23.5. The largest absolute Gasteiger partial charge is 0.478 e. The Morgan fingerprint density at radius 3 is 2.55 bits per heavy atom. The van der Waals surface area contributed by atoms with Crippen LogP contribution in [0.2, 0.25) is 0 Å².